The largest absolute Gasteiger partial charge is 0.573 e. The summed E-state index contributed by atoms with van der Waals surface area (Å²) in [7, 11) is 0. The summed E-state index contributed by atoms with van der Waals surface area (Å²) in [5, 5.41) is 9.30. The molecule has 0 unspecified atom stereocenters. The third-order valence-electron chi connectivity index (χ3n) is 2.13. The van der Waals surface area contributed by atoms with Crippen molar-refractivity contribution in [2.75, 3.05) is 0 Å². The topological polar surface area (TPSA) is 42.4 Å². The standard InChI is InChI=1S/C12H8F3NO2/c13-12(14,15)18-11-5-9(6-16-7-11)8-2-1-3-10(17)4-8/h1-7,17H. The third kappa shape index (κ3) is 3.13. The van der Waals surface area contributed by atoms with Crippen molar-refractivity contribution in [1.29, 1.82) is 0 Å². The fraction of sp³-hybridized carbons (Fsp3) is 0.0833. The fourth-order valence-corrected chi connectivity index (χ4v) is 1.45. The molecule has 18 heavy (non-hydrogen) atoms. The number of phenolic OH excluding ortho intramolecular Hbond substituents is 1. The van der Waals surface area contributed by atoms with Gasteiger partial charge < -0.3 is 9.84 Å². The number of aromatic nitrogens is 1. The van der Waals surface area contributed by atoms with Gasteiger partial charge in [-0.25, -0.2) is 0 Å². The molecular formula is C12H8F3NO2. The lowest BCUT2D eigenvalue weighted by molar-refractivity contribution is -0.274. The van der Waals surface area contributed by atoms with Gasteiger partial charge in [-0.05, 0) is 23.8 Å². The summed E-state index contributed by atoms with van der Waals surface area (Å²) in [5.74, 6) is -0.377. The Morgan fingerprint density at radius 1 is 1.06 bits per heavy atom. The van der Waals surface area contributed by atoms with Gasteiger partial charge in [0.15, 0.2) is 0 Å². The van der Waals surface area contributed by atoms with Gasteiger partial charge >= 0.3 is 6.36 Å². The van der Waals surface area contributed by atoms with Crippen LogP contribution in [0.15, 0.2) is 42.7 Å². The number of aromatic hydroxyl groups is 1. The normalized spacial score (nSPS) is 11.3. The molecule has 0 aliphatic heterocycles. The maximum Gasteiger partial charge on any atom is 0.573 e. The molecule has 6 heteroatoms. The first-order valence-electron chi connectivity index (χ1n) is 4.94. The predicted octanol–water partition coefficient (Wildman–Crippen LogP) is 3.35. The number of pyridine rings is 1. The summed E-state index contributed by atoms with van der Waals surface area (Å²) in [5.41, 5.74) is 0.975. The quantitative estimate of drug-likeness (QED) is 0.894. The van der Waals surface area contributed by atoms with E-state index in [0.717, 1.165) is 6.20 Å². The van der Waals surface area contributed by atoms with Gasteiger partial charge in [0.05, 0.1) is 6.20 Å². The van der Waals surface area contributed by atoms with Crippen LogP contribution in [0.5, 0.6) is 11.5 Å². The number of nitrogens with zero attached hydrogens (tertiary/aromatic N) is 1. The Morgan fingerprint density at radius 2 is 1.83 bits per heavy atom. The molecule has 0 radical (unpaired) electrons. The zero-order chi connectivity index (χ0) is 13.2. The first-order valence-corrected chi connectivity index (χ1v) is 4.94. The number of hydrogen-bond acceptors (Lipinski definition) is 3. The molecule has 0 saturated heterocycles. The monoisotopic (exact) mass is 255 g/mol. The molecule has 2 rings (SSSR count). The highest BCUT2D eigenvalue weighted by atomic mass is 19.4. The van der Waals surface area contributed by atoms with Gasteiger partial charge in [0, 0.05) is 11.8 Å². The SMILES string of the molecule is Oc1cccc(-c2cncc(OC(F)(F)F)c2)c1. The van der Waals surface area contributed by atoms with Crippen molar-refractivity contribution in [2.45, 2.75) is 6.36 Å². The first-order chi connectivity index (χ1) is 8.44. The van der Waals surface area contributed by atoms with Crippen LogP contribution < -0.4 is 4.74 Å². The van der Waals surface area contributed by atoms with Crippen LogP contribution in [0.1, 0.15) is 0 Å². The van der Waals surface area contributed by atoms with Crippen LogP contribution in [0.4, 0.5) is 13.2 Å². The Hall–Kier alpha value is -2.24. The van der Waals surface area contributed by atoms with E-state index in [1.165, 1.54) is 24.4 Å². The summed E-state index contributed by atoms with van der Waals surface area (Å²) in [6.45, 7) is 0. The van der Waals surface area contributed by atoms with Crippen molar-refractivity contribution in [2.24, 2.45) is 0 Å². The lowest BCUT2D eigenvalue weighted by Gasteiger charge is -2.09. The summed E-state index contributed by atoms with van der Waals surface area (Å²) < 4.78 is 39.9. The van der Waals surface area contributed by atoms with Gasteiger partial charge in [-0.2, -0.15) is 0 Å². The van der Waals surface area contributed by atoms with Gasteiger partial charge in [-0.3, -0.25) is 4.98 Å². The minimum absolute atomic E-state index is 0.0228. The second-order valence-electron chi connectivity index (χ2n) is 3.51. The van der Waals surface area contributed by atoms with E-state index in [0.29, 0.717) is 11.1 Å². The number of hydrogen-bond donors (Lipinski definition) is 1. The van der Waals surface area contributed by atoms with Gasteiger partial charge in [-0.15, -0.1) is 13.2 Å². The van der Waals surface area contributed by atoms with Gasteiger partial charge in [0.25, 0.3) is 0 Å². The molecule has 1 heterocycles. The van der Waals surface area contributed by atoms with E-state index >= 15 is 0 Å². The summed E-state index contributed by atoms with van der Waals surface area (Å²) in [4.78, 5) is 3.67. The fourth-order valence-electron chi connectivity index (χ4n) is 1.45. The molecular weight excluding hydrogens is 247 g/mol. The maximum absolute atomic E-state index is 12.0. The Kier molecular flexibility index (Phi) is 3.10. The predicted molar refractivity (Wildman–Crippen MR) is 58.0 cm³/mol. The van der Waals surface area contributed by atoms with E-state index in [2.05, 4.69) is 9.72 Å². The van der Waals surface area contributed by atoms with E-state index < -0.39 is 12.1 Å². The Labute approximate surface area is 100 Å². The Balaban J connectivity index is 2.33. The molecule has 0 atom stereocenters. The van der Waals surface area contributed by atoms with Crippen LogP contribution in [0.3, 0.4) is 0 Å². The average molecular weight is 255 g/mol. The lowest BCUT2D eigenvalue weighted by atomic mass is 10.1. The van der Waals surface area contributed by atoms with E-state index in [9.17, 15) is 18.3 Å². The highest BCUT2D eigenvalue weighted by molar-refractivity contribution is 5.65. The maximum atomic E-state index is 12.0. The summed E-state index contributed by atoms with van der Waals surface area (Å²) in [6.07, 6.45) is -2.39. The average Bonchev–Trinajstić information content (AvgIpc) is 2.27. The van der Waals surface area contributed by atoms with Crippen LogP contribution in [0, 0.1) is 0 Å². The van der Waals surface area contributed by atoms with Crippen molar-refractivity contribution >= 4 is 0 Å². The summed E-state index contributed by atoms with van der Waals surface area (Å²) in [6, 6.07) is 7.33. The van der Waals surface area contributed by atoms with Crippen LogP contribution in [0.25, 0.3) is 11.1 Å². The zero-order valence-electron chi connectivity index (χ0n) is 8.98. The molecule has 0 bridgehead atoms. The Morgan fingerprint density at radius 3 is 2.50 bits per heavy atom. The molecule has 1 aromatic carbocycles. The number of benzene rings is 1. The van der Waals surface area contributed by atoms with Crippen molar-refractivity contribution in [3.8, 4) is 22.6 Å². The minimum atomic E-state index is -4.75. The van der Waals surface area contributed by atoms with Crippen LogP contribution in [-0.2, 0) is 0 Å². The number of phenols is 1. The third-order valence-corrected chi connectivity index (χ3v) is 2.13. The number of alkyl halides is 3. The molecule has 0 saturated carbocycles. The lowest BCUT2D eigenvalue weighted by Crippen LogP contribution is -2.17. The molecule has 3 nitrogen and oxygen atoms in total. The summed E-state index contributed by atoms with van der Waals surface area (Å²) >= 11 is 0. The highest BCUT2D eigenvalue weighted by Gasteiger charge is 2.31. The molecule has 0 aliphatic rings. The van der Waals surface area contributed by atoms with Crippen LogP contribution in [0.2, 0.25) is 0 Å². The second-order valence-corrected chi connectivity index (χ2v) is 3.51. The van der Waals surface area contributed by atoms with Crippen LogP contribution >= 0.6 is 0 Å². The molecule has 94 valence electrons. The van der Waals surface area contributed by atoms with Gasteiger partial charge in [0.1, 0.15) is 11.5 Å². The molecule has 0 spiro atoms. The van der Waals surface area contributed by atoms with Crippen molar-refractivity contribution in [3.05, 3.63) is 42.7 Å². The van der Waals surface area contributed by atoms with Gasteiger partial charge in [0.2, 0.25) is 0 Å². The van der Waals surface area contributed by atoms with E-state index in [1.807, 2.05) is 0 Å². The van der Waals surface area contributed by atoms with Crippen molar-refractivity contribution in [1.82, 2.24) is 4.98 Å². The van der Waals surface area contributed by atoms with Crippen molar-refractivity contribution < 1.29 is 23.0 Å². The van der Waals surface area contributed by atoms with E-state index in [1.54, 1.807) is 12.1 Å². The van der Waals surface area contributed by atoms with Crippen molar-refractivity contribution in [3.63, 3.8) is 0 Å². The first kappa shape index (κ1) is 12.2. The van der Waals surface area contributed by atoms with E-state index in [4.69, 9.17) is 0 Å². The van der Waals surface area contributed by atoms with Gasteiger partial charge in [-0.1, -0.05) is 12.1 Å². The Bertz CT molecular complexity index is 555. The number of halogens is 3. The molecule has 2 aromatic rings. The smallest absolute Gasteiger partial charge is 0.508 e. The van der Waals surface area contributed by atoms with E-state index in [-0.39, 0.29) is 5.75 Å². The molecule has 0 fully saturated rings. The second kappa shape index (κ2) is 4.56. The molecule has 1 aromatic heterocycles. The van der Waals surface area contributed by atoms with Crippen LogP contribution in [-0.4, -0.2) is 16.5 Å². The number of ether oxygens (including phenoxy) is 1. The molecule has 0 aliphatic carbocycles. The number of rotatable bonds is 2. The highest BCUT2D eigenvalue weighted by Crippen LogP contribution is 2.28. The molecule has 0 amide bonds. The zero-order valence-corrected chi connectivity index (χ0v) is 8.98. The minimum Gasteiger partial charge on any atom is -0.508 e. The molecule has 1 N–H and O–H groups in total.